The molecular weight excluding hydrogens is 381 g/mol. The number of H-pyrrole nitrogens is 1. The number of nitrogens with one attached hydrogen (secondary N) is 1. The van der Waals surface area contributed by atoms with Crippen molar-refractivity contribution in [2.24, 2.45) is 0 Å². The van der Waals surface area contributed by atoms with E-state index in [1.54, 1.807) is 13.8 Å². The Morgan fingerprint density at radius 2 is 1.86 bits per heavy atom. The first-order valence-corrected chi connectivity index (χ1v) is 8.90. The number of hydrogen-bond acceptors (Lipinski definition) is 3. The van der Waals surface area contributed by atoms with E-state index in [-0.39, 0.29) is 42.7 Å². The molecule has 0 saturated carbocycles. The molecule has 1 N–H and O–H groups in total. The number of halogens is 5. The molecule has 2 aromatic rings. The number of aromatic nitrogens is 2. The quantitative estimate of drug-likeness (QED) is 0.743. The summed E-state index contributed by atoms with van der Waals surface area (Å²) in [6.45, 7) is 3.36. The highest BCUT2D eigenvalue weighted by atomic mass is 19.4. The minimum atomic E-state index is -4.67. The molecule has 0 amide bonds. The van der Waals surface area contributed by atoms with Gasteiger partial charge in [-0.3, -0.25) is 4.79 Å². The molecule has 1 aliphatic rings. The predicted octanol–water partition coefficient (Wildman–Crippen LogP) is 4.70. The summed E-state index contributed by atoms with van der Waals surface area (Å²) in [5.41, 5.74) is 0.294. The highest BCUT2D eigenvalue weighted by molar-refractivity contribution is 5.74. The molecule has 0 aliphatic carbocycles. The van der Waals surface area contributed by atoms with E-state index in [2.05, 4.69) is 9.97 Å². The van der Waals surface area contributed by atoms with Gasteiger partial charge in [0.1, 0.15) is 11.5 Å². The number of pyridine rings is 2. The molecule has 28 heavy (non-hydrogen) atoms. The van der Waals surface area contributed by atoms with Gasteiger partial charge in [-0.2, -0.15) is 13.2 Å². The zero-order chi connectivity index (χ0) is 20.7. The molecule has 0 radical (unpaired) electrons. The second kappa shape index (κ2) is 7.18. The van der Waals surface area contributed by atoms with Crippen molar-refractivity contribution in [2.75, 3.05) is 18.0 Å². The lowest BCUT2D eigenvalue weighted by atomic mass is 10.1. The largest absolute Gasteiger partial charge is 0.433 e. The molecule has 4 nitrogen and oxygen atoms in total. The van der Waals surface area contributed by atoms with E-state index in [0.29, 0.717) is 17.0 Å². The fourth-order valence-electron chi connectivity index (χ4n) is 3.23. The number of rotatable bonds is 2. The van der Waals surface area contributed by atoms with Crippen molar-refractivity contribution < 1.29 is 22.0 Å². The van der Waals surface area contributed by atoms with E-state index in [1.165, 1.54) is 17.0 Å². The third-order valence-electron chi connectivity index (χ3n) is 5.00. The molecule has 3 heterocycles. The third kappa shape index (κ3) is 4.18. The lowest BCUT2D eigenvalue weighted by Crippen LogP contribution is -2.28. The Morgan fingerprint density at radius 1 is 1.14 bits per heavy atom. The summed E-state index contributed by atoms with van der Waals surface area (Å²) >= 11 is 0. The Balaban J connectivity index is 2.14. The van der Waals surface area contributed by atoms with E-state index in [1.807, 2.05) is 0 Å². The summed E-state index contributed by atoms with van der Waals surface area (Å²) in [5.74, 6) is -2.91. The van der Waals surface area contributed by atoms with Crippen LogP contribution in [-0.2, 0) is 6.18 Å². The van der Waals surface area contributed by atoms with Gasteiger partial charge in [0.15, 0.2) is 5.43 Å². The van der Waals surface area contributed by atoms with E-state index in [0.717, 1.165) is 6.07 Å². The summed E-state index contributed by atoms with van der Waals surface area (Å²) in [7, 11) is 0. The minimum absolute atomic E-state index is 0.0496. The average molecular weight is 401 g/mol. The minimum Gasteiger partial charge on any atom is -0.358 e. The summed E-state index contributed by atoms with van der Waals surface area (Å²) < 4.78 is 67.0. The van der Waals surface area contributed by atoms with Crippen LogP contribution >= 0.6 is 0 Å². The van der Waals surface area contributed by atoms with Crippen molar-refractivity contribution in [3.05, 3.63) is 45.4 Å². The summed E-state index contributed by atoms with van der Waals surface area (Å²) in [4.78, 5) is 20.4. The Kier molecular flexibility index (Phi) is 5.20. The van der Waals surface area contributed by atoms with Gasteiger partial charge >= 0.3 is 6.18 Å². The second-order valence-electron chi connectivity index (χ2n) is 7.06. The van der Waals surface area contributed by atoms with Crippen LogP contribution in [0.1, 0.15) is 36.2 Å². The van der Waals surface area contributed by atoms with Gasteiger partial charge in [-0.25, -0.2) is 13.8 Å². The van der Waals surface area contributed by atoms with Crippen molar-refractivity contribution in [1.82, 2.24) is 9.97 Å². The lowest BCUT2D eigenvalue weighted by molar-refractivity contribution is -0.141. The molecule has 0 unspecified atom stereocenters. The van der Waals surface area contributed by atoms with Crippen LogP contribution < -0.4 is 10.3 Å². The van der Waals surface area contributed by atoms with Crippen molar-refractivity contribution in [3.8, 4) is 11.3 Å². The molecule has 1 saturated heterocycles. The van der Waals surface area contributed by atoms with Crippen molar-refractivity contribution in [1.29, 1.82) is 0 Å². The molecule has 1 aliphatic heterocycles. The van der Waals surface area contributed by atoms with Gasteiger partial charge in [0.25, 0.3) is 0 Å². The van der Waals surface area contributed by atoms with Crippen LogP contribution in [0, 0.1) is 13.8 Å². The predicted molar refractivity (Wildman–Crippen MR) is 95.8 cm³/mol. The Morgan fingerprint density at radius 3 is 2.50 bits per heavy atom. The van der Waals surface area contributed by atoms with E-state index in [9.17, 15) is 26.7 Å². The molecule has 152 valence electrons. The van der Waals surface area contributed by atoms with Gasteiger partial charge in [0.05, 0.1) is 5.69 Å². The number of aryl methyl sites for hydroxylation is 1. The van der Waals surface area contributed by atoms with Gasteiger partial charge in [-0.05, 0) is 32.4 Å². The first kappa shape index (κ1) is 20.3. The molecule has 0 bridgehead atoms. The summed E-state index contributed by atoms with van der Waals surface area (Å²) in [6.07, 6.45) is -5.32. The first-order chi connectivity index (χ1) is 13.0. The maximum absolute atomic E-state index is 13.7. The average Bonchev–Trinajstić information content (AvgIpc) is 2.78. The van der Waals surface area contributed by atoms with Crippen molar-refractivity contribution in [3.63, 3.8) is 0 Å². The second-order valence-corrected chi connectivity index (χ2v) is 7.06. The molecule has 1 fully saturated rings. The van der Waals surface area contributed by atoms with Crippen LogP contribution in [0.2, 0.25) is 0 Å². The fraction of sp³-hybridized carbons (Fsp3) is 0.474. The normalized spacial score (nSPS) is 17.5. The van der Waals surface area contributed by atoms with Gasteiger partial charge in [0, 0.05) is 48.8 Å². The molecular formula is C19H20F5N3O. The molecule has 3 rings (SSSR count). The number of nitrogens with zero attached hydrogens (tertiary/aromatic N) is 2. The Bertz CT molecular complexity index is 936. The van der Waals surface area contributed by atoms with Crippen LogP contribution in [0.25, 0.3) is 11.3 Å². The van der Waals surface area contributed by atoms with Crippen LogP contribution in [-0.4, -0.2) is 29.0 Å². The van der Waals surface area contributed by atoms with Crippen LogP contribution in [0.15, 0.2) is 23.0 Å². The summed E-state index contributed by atoms with van der Waals surface area (Å²) in [5, 5.41) is 0. The highest BCUT2D eigenvalue weighted by Crippen LogP contribution is 2.36. The smallest absolute Gasteiger partial charge is 0.358 e. The van der Waals surface area contributed by atoms with Crippen molar-refractivity contribution >= 4 is 5.82 Å². The van der Waals surface area contributed by atoms with E-state index in [4.69, 9.17) is 0 Å². The number of aromatic amines is 1. The first-order valence-electron chi connectivity index (χ1n) is 8.90. The zero-order valence-corrected chi connectivity index (χ0v) is 15.5. The fourth-order valence-corrected chi connectivity index (χ4v) is 3.23. The van der Waals surface area contributed by atoms with Crippen LogP contribution in [0.4, 0.5) is 27.8 Å². The maximum Gasteiger partial charge on any atom is 0.433 e. The zero-order valence-electron chi connectivity index (χ0n) is 15.5. The van der Waals surface area contributed by atoms with Gasteiger partial charge in [-0.1, -0.05) is 0 Å². The highest BCUT2D eigenvalue weighted by Gasteiger charge is 2.36. The van der Waals surface area contributed by atoms with E-state index < -0.39 is 24.2 Å². The van der Waals surface area contributed by atoms with Gasteiger partial charge in [-0.15, -0.1) is 0 Å². The van der Waals surface area contributed by atoms with Gasteiger partial charge in [0.2, 0.25) is 5.92 Å². The van der Waals surface area contributed by atoms with Crippen LogP contribution in [0.3, 0.4) is 0 Å². The molecule has 0 spiro atoms. The van der Waals surface area contributed by atoms with Crippen LogP contribution in [0.5, 0.6) is 0 Å². The Labute approximate surface area is 158 Å². The summed E-state index contributed by atoms with van der Waals surface area (Å²) in [6, 6.07) is 3.36. The standard InChI is InChI=1S/C19H20F5N3O/c1-11-12(2)25-14(10-15(11)28)13-4-5-16(19(22,23)24)26-17(13)27-8-3-6-18(20,21)7-9-27/h4-5,10H,3,6-9H2,1-2H3,(H,25,28). The Hall–Kier alpha value is -2.45. The number of anilines is 1. The van der Waals surface area contributed by atoms with E-state index >= 15 is 0 Å². The lowest BCUT2D eigenvalue weighted by Gasteiger charge is -2.25. The SMILES string of the molecule is Cc1[nH]c(-c2ccc(C(F)(F)F)nc2N2CCCC(F)(F)CC2)cc(=O)c1C. The number of alkyl halides is 5. The third-order valence-corrected chi connectivity index (χ3v) is 5.00. The molecule has 2 aromatic heterocycles. The monoisotopic (exact) mass is 401 g/mol. The topological polar surface area (TPSA) is 49.0 Å². The molecule has 0 aromatic carbocycles. The maximum atomic E-state index is 13.7. The molecule has 0 atom stereocenters. The number of hydrogen-bond donors (Lipinski definition) is 1. The van der Waals surface area contributed by atoms with Crippen molar-refractivity contribution in [2.45, 2.75) is 45.2 Å². The molecule has 9 heteroatoms. The van der Waals surface area contributed by atoms with Gasteiger partial charge < -0.3 is 9.88 Å².